The lowest BCUT2D eigenvalue weighted by molar-refractivity contribution is 0.577. The smallest absolute Gasteiger partial charge is 0.0625 e. The number of aryl methyl sites for hydroxylation is 2. The van der Waals surface area contributed by atoms with Crippen molar-refractivity contribution in [1.29, 1.82) is 0 Å². The Morgan fingerprint density at radius 3 is 2.71 bits per heavy atom. The first kappa shape index (κ1) is 14.7. The highest BCUT2D eigenvalue weighted by Gasteiger charge is 2.02. The molecule has 1 N–H and O–H groups in total. The molecule has 0 aliphatic carbocycles. The van der Waals surface area contributed by atoms with E-state index in [4.69, 9.17) is 0 Å². The molecular formula is C13H24BrN3. The third-order valence-corrected chi connectivity index (χ3v) is 3.49. The highest BCUT2D eigenvalue weighted by Crippen LogP contribution is 2.04. The van der Waals surface area contributed by atoms with Crippen molar-refractivity contribution in [1.82, 2.24) is 15.1 Å². The third-order valence-electron chi connectivity index (χ3n) is 2.93. The van der Waals surface area contributed by atoms with Crippen molar-refractivity contribution in [3.05, 3.63) is 17.5 Å². The van der Waals surface area contributed by atoms with Gasteiger partial charge in [-0.2, -0.15) is 5.10 Å². The van der Waals surface area contributed by atoms with Gasteiger partial charge in [0.1, 0.15) is 0 Å². The maximum atomic E-state index is 4.44. The fourth-order valence-electron chi connectivity index (χ4n) is 1.82. The van der Waals surface area contributed by atoms with Gasteiger partial charge in [0.15, 0.2) is 0 Å². The zero-order valence-corrected chi connectivity index (χ0v) is 12.6. The van der Waals surface area contributed by atoms with Crippen LogP contribution < -0.4 is 5.32 Å². The van der Waals surface area contributed by atoms with Gasteiger partial charge in [-0.1, -0.05) is 35.7 Å². The van der Waals surface area contributed by atoms with Gasteiger partial charge < -0.3 is 5.32 Å². The average molecular weight is 302 g/mol. The lowest BCUT2D eigenvalue weighted by Crippen LogP contribution is -2.16. The molecule has 1 aromatic heterocycles. The molecule has 0 radical (unpaired) electrons. The van der Waals surface area contributed by atoms with Gasteiger partial charge in [0, 0.05) is 18.9 Å². The van der Waals surface area contributed by atoms with Crippen molar-refractivity contribution in [2.75, 3.05) is 11.9 Å². The Balaban J connectivity index is 2.11. The van der Waals surface area contributed by atoms with E-state index in [0.717, 1.165) is 24.8 Å². The summed E-state index contributed by atoms with van der Waals surface area (Å²) in [6.07, 6.45) is 6.23. The molecule has 0 saturated carbocycles. The lowest BCUT2D eigenvalue weighted by atomic mass is 10.2. The van der Waals surface area contributed by atoms with E-state index in [9.17, 15) is 0 Å². The van der Waals surface area contributed by atoms with E-state index in [-0.39, 0.29) is 0 Å². The first-order chi connectivity index (χ1) is 8.27. The van der Waals surface area contributed by atoms with Crippen LogP contribution in [0.2, 0.25) is 0 Å². The fraction of sp³-hybridized carbons (Fsp3) is 0.769. The molecule has 4 heteroatoms. The molecule has 0 aromatic carbocycles. The Morgan fingerprint density at radius 2 is 2.06 bits per heavy atom. The summed E-state index contributed by atoms with van der Waals surface area (Å²) < 4.78 is 1.98. The number of aromatic nitrogens is 2. The van der Waals surface area contributed by atoms with Gasteiger partial charge in [0.05, 0.1) is 11.4 Å². The second-order valence-corrected chi connectivity index (χ2v) is 5.18. The van der Waals surface area contributed by atoms with E-state index in [1.807, 2.05) is 11.7 Å². The summed E-state index contributed by atoms with van der Waals surface area (Å²) in [6.45, 7) is 4.18. The molecule has 0 bridgehead atoms. The molecular weight excluding hydrogens is 278 g/mol. The number of hydrogen-bond acceptors (Lipinski definition) is 2. The number of halogens is 1. The highest BCUT2D eigenvalue weighted by atomic mass is 79.9. The molecule has 1 rings (SSSR count). The Bertz CT molecular complexity index is 310. The van der Waals surface area contributed by atoms with Gasteiger partial charge in [0.25, 0.3) is 0 Å². The van der Waals surface area contributed by atoms with Crippen molar-refractivity contribution in [3.8, 4) is 0 Å². The number of rotatable bonds is 9. The van der Waals surface area contributed by atoms with E-state index in [2.05, 4.69) is 39.3 Å². The molecule has 0 spiro atoms. The monoisotopic (exact) mass is 301 g/mol. The molecule has 3 nitrogen and oxygen atoms in total. The number of nitrogens with one attached hydrogen (secondary N) is 1. The summed E-state index contributed by atoms with van der Waals surface area (Å²) in [4.78, 5) is 0. The SMILES string of the molecule is CCc1cc(CNCCCCCCBr)n(C)n1. The van der Waals surface area contributed by atoms with Gasteiger partial charge in [0.2, 0.25) is 0 Å². The van der Waals surface area contributed by atoms with Crippen molar-refractivity contribution in [2.45, 2.75) is 45.6 Å². The van der Waals surface area contributed by atoms with Crippen molar-refractivity contribution >= 4 is 15.9 Å². The Kier molecular flexibility index (Phi) is 7.53. The number of alkyl halides is 1. The van der Waals surface area contributed by atoms with E-state index < -0.39 is 0 Å². The van der Waals surface area contributed by atoms with E-state index in [1.54, 1.807) is 0 Å². The van der Waals surface area contributed by atoms with Crippen LogP contribution in [0.3, 0.4) is 0 Å². The largest absolute Gasteiger partial charge is 0.311 e. The zero-order chi connectivity index (χ0) is 12.5. The number of unbranched alkanes of at least 4 members (excludes halogenated alkanes) is 3. The second-order valence-electron chi connectivity index (χ2n) is 4.38. The quantitative estimate of drug-likeness (QED) is 0.561. The van der Waals surface area contributed by atoms with Crippen LogP contribution in [0.5, 0.6) is 0 Å². The zero-order valence-electron chi connectivity index (χ0n) is 11.0. The molecule has 0 fully saturated rings. The summed E-state index contributed by atoms with van der Waals surface area (Å²) in [7, 11) is 2.02. The maximum Gasteiger partial charge on any atom is 0.0625 e. The Morgan fingerprint density at radius 1 is 1.29 bits per heavy atom. The summed E-state index contributed by atoms with van der Waals surface area (Å²) in [5.41, 5.74) is 2.46. The average Bonchev–Trinajstić information content (AvgIpc) is 2.69. The summed E-state index contributed by atoms with van der Waals surface area (Å²) in [5, 5.41) is 9.06. The standard InChI is InChI=1S/C13H24BrN3/c1-3-12-10-13(17(2)16-12)11-15-9-7-5-4-6-8-14/h10,15H,3-9,11H2,1-2H3. The summed E-state index contributed by atoms with van der Waals surface area (Å²) in [6, 6.07) is 2.19. The van der Waals surface area contributed by atoms with Crippen LogP contribution in [0.4, 0.5) is 0 Å². The van der Waals surface area contributed by atoms with Crippen LogP contribution in [0.1, 0.15) is 44.0 Å². The molecule has 0 atom stereocenters. The topological polar surface area (TPSA) is 29.9 Å². The summed E-state index contributed by atoms with van der Waals surface area (Å²) >= 11 is 3.45. The molecule has 1 aromatic rings. The van der Waals surface area contributed by atoms with E-state index in [1.165, 1.54) is 37.1 Å². The first-order valence-electron chi connectivity index (χ1n) is 6.56. The lowest BCUT2D eigenvalue weighted by Gasteiger charge is -2.04. The minimum absolute atomic E-state index is 0.932. The molecule has 98 valence electrons. The van der Waals surface area contributed by atoms with Gasteiger partial charge in [-0.3, -0.25) is 4.68 Å². The molecule has 0 aliphatic heterocycles. The molecule has 1 heterocycles. The first-order valence-corrected chi connectivity index (χ1v) is 7.68. The molecule has 0 saturated heterocycles. The highest BCUT2D eigenvalue weighted by molar-refractivity contribution is 9.09. The predicted molar refractivity (Wildman–Crippen MR) is 76.6 cm³/mol. The number of nitrogens with zero attached hydrogens (tertiary/aromatic N) is 2. The summed E-state index contributed by atoms with van der Waals surface area (Å²) in [5.74, 6) is 0. The third kappa shape index (κ3) is 5.68. The Hall–Kier alpha value is -0.350. The number of hydrogen-bond donors (Lipinski definition) is 1. The predicted octanol–water partition coefficient (Wildman–Crippen LogP) is 3.03. The van der Waals surface area contributed by atoms with Crippen LogP contribution in [0.15, 0.2) is 6.07 Å². The van der Waals surface area contributed by atoms with Crippen LogP contribution >= 0.6 is 15.9 Å². The van der Waals surface area contributed by atoms with Crippen LogP contribution in [0, 0.1) is 0 Å². The maximum absolute atomic E-state index is 4.44. The molecule has 0 aliphatic rings. The molecule has 17 heavy (non-hydrogen) atoms. The van der Waals surface area contributed by atoms with E-state index in [0.29, 0.717) is 0 Å². The molecule has 0 unspecified atom stereocenters. The van der Waals surface area contributed by atoms with Crippen LogP contribution in [-0.2, 0) is 20.0 Å². The van der Waals surface area contributed by atoms with Crippen LogP contribution in [0.25, 0.3) is 0 Å². The van der Waals surface area contributed by atoms with Crippen LogP contribution in [-0.4, -0.2) is 21.7 Å². The fourth-order valence-corrected chi connectivity index (χ4v) is 2.22. The second kappa shape index (κ2) is 8.70. The minimum atomic E-state index is 0.932. The van der Waals surface area contributed by atoms with Crippen molar-refractivity contribution < 1.29 is 0 Å². The van der Waals surface area contributed by atoms with Crippen molar-refractivity contribution in [3.63, 3.8) is 0 Å². The van der Waals surface area contributed by atoms with Gasteiger partial charge >= 0.3 is 0 Å². The molecule has 0 amide bonds. The van der Waals surface area contributed by atoms with Gasteiger partial charge in [-0.15, -0.1) is 0 Å². The minimum Gasteiger partial charge on any atom is -0.311 e. The Labute approximate surface area is 113 Å². The van der Waals surface area contributed by atoms with E-state index >= 15 is 0 Å². The van der Waals surface area contributed by atoms with Crippen molar-refractivity contribution in [2.24, 2.45) is 7.05 Å². The van der Waals surface area contributed by atoms with Gasteiger partial charge in [-0.05, 0) is 31.9 Å². The van der Waals surface area contributed by atoms with Gasteiger partial charge in [-0.25, -0.2) is 0 Å². The normalized spacial score (nSPS) is 11.0.